The monoisotopic (exact) mass is 342 g/mol. The van der Waals surface area contributed by atoms with Crippen molar-refractivity contribution in [2.75, 3.05) is 31.1 Å². The molecule has 24 heavy (non-hydrogen) atoms. The van der Waals surface area contributed by atoms with Crippen molar-refractivity contribution in [1.29, 1.82) is 0 Å². The van der Waals surface area contributed by atoms with Crippen LogP contribution in [0.5, 0.6) is 0 Å². The smallest absolute Gasteiger partial charge is 0.376 e. The van der Waals surface area contributed by atoms with Gasteiger partial charge in [0.25, 0.3) is 0 Å². The first-order valence-electron chi connectivity index (χ1n) is 8.23. The van der Waals surface area contributed by atoms with Crippen LogP contribution in [0, 0.1) is 6.92 Å². The molecule has 2 heterocycles. The molecule has 0 aromatic heterocycles. The normalized spacial score (nSPS) is 22.3. The highest BCUT2D eigenvalue weighted by atomic mass is 19.4. The molecule has 1 aromatic rings. The van der Waals surface area contributed by atoms with E-state index >= 15 is 0 Å². The van der Waals surface area contributed by atoms with Crippen molar-refractivity contribution in [3.8, 4) is 0 Å². The van der Waals surface area contributed by atoms with E-state index in [1.165, 1.54) is 17.9 Å². The van der Waals surface area contributed by atoms with Gasteiger partial charge >= 0.3 is 12.2 Å². The van der Waals surface area contributed by atoms with Gasteiger partial charge in [0.15, 0.2) is 0 Å². The van der Waals surface area contributed by atoms with Gasteiger partial charge < -0.3 is 9.64 Å². The van der Waals surface area contributed by atoms with Crippen LogP contribution in [0.15, 0.2) is 18.2 Å². The molecular weight excluding hydrogens is 321 g/mol. The molecule has 4 nitrogen and oxygen atoms in total. The standard InChI is InChI=1S/C17H21F3N2O2/c1-12-14(17(18,19)20)6-4-7-15(12)22-9-8-21(16(22)23)11-13-5-2-3-10-24-13/h4,6-7,13H,2-3,5,8-11H2,1H3. The third-order valence-electron chi connectivity index (χ3n) is 4.69. The van der Waals surface area contributed by atoms with Gasteiger partial charge in [-0.3, -0.25) is 4.90 Å². The molecule has 2 amide bonds. The van der Waals surface area contributed by atoms with E-state index in [-0.39, 0.29) is 17.7 Å². The number of alkyl halides is 3. The lowest BCUT2D eigenvalue weighted by Gasteiger charge is -2.27. The Balaban J connectivity index is 1.75. The highest BCUT2D eigenvalue weighted by molar-refractivity contribution is 5.95. The number of halogens is 3. The Kier molecular flexibility index (Phi) is 4.71. The fourth-order valence-electron chi connectivity index (χ4n) is 3.40. The van der Waals surface area contributed by atoms with E-state index < -0.39 is 11.7 Å². The number of hydrogen-bond acceptors (Lipinski definition) is 2. The maximum atomic E-state index is 13.1. The average Bonchev–Trinajstić information content (AvgIpc) is 2.88. The van der Waals surface area contributed by atoms with Crippen molar-refractivity contribution in [2.24, 2.45) is 0 Å². The highest BCUT2D eigenvalue weighted by Gasteiger charge is 2.36. The highest BCUT2D eigenvalue weighted by Crippen LogP contribution is 2.36. The van der Waals surface area contributed by atoms with Gasteiger partial charge in [-0.1, -0.05) is 6.07 Å². The van der Waals surface area contributed by atoms with Crippen LogP contribution in [-0.4, -0.2) is 43.3 Å². The predicted molar refractivity (Wildman–Crippen MR) is 84.1 cm³/mol. The third-order valence-corrected chi connectivity index (χ3v) is 4.69. The van der Waals surface area contributed by atoms with Gasteiger partial charge in [0.05, 0.1) is 11.7 Å². The minimum atomic E-state index is -4.42. The fraction of sp³-hybridized carbons (Fsp3) is 0.588. The van der Waals surface area contributed by atoms with E-state index in [9.17, 15) is 18.0 Å². The molecule has 0 spiro atoms. The number of benzene rings is 1. The minimum Gasteiger partial charge on any atom is -0.376 e. The van der Waals surface area contributed by atoms with Gasteiger partial charge in [0.2, 0.25) is 0 Å². The SMILES string of the molecule is Cc1c(N2CCN(CC3CCCCO3)C2=O)cccc1C(F)(F)F. The van der Waals surface area contributed by atoms with Crippen molar-refractivity contribution in [3.63, 3.8) is 0 Å². The lowest BCUT2D eigenvalue weighted by Crippen LogP contribution is -2.39. The van der Waals surface area contributed by atoms with E-state index in [1.807, 2.05) is 0 Å². The summed E-state index contributed by atoms with van der Waals surface area (Å²) in [5.74, 6) is 0. The number of urea groups is 1. The quantitative estimate of drug-likeness (QED) is 0.836. The molecular formula is C17H21F3N2O2. The summed E-state index contributed by atoms with van der Waals surface area (Å²) in [5.41, 5.74) is -0.266. The zero-order valence-electron chi connectivity index (χ0n) is 13.6. The van der Waals surface area contributed by atoms with Crippen LogP contribution in [0.4, 0.5) is 23.7 Å². The van der Waals surface area contributed by atoms with Crippen molar-refractivity contribution >= 4 is 11.7 Å². The van der Waals surface area contributed by atoms with Crippen molar-refractivity contribution in [1.82, 2.24) is 4.90 Å². The molecule has 3 rings (SSSR count). The van der Waals surface area contributed by atoms with E-state index in [1.54, 1.807) is 11.0 Å². The first-order valence-corrected chi connectivity index (χ1v) is 8.23. The second kappa shape index (κ2) is 6.63. The molecule has 0 radical (unpaired) electrons. The van der Waals surface area contributed by atoms with Crippen molar-refractivity contribution in [3.05, 3.63) is 29.3 Å². The fourth-order valence-corrected chi connectivity index (χ4v) is 3.40. The molecule has 1 aromatic carbocycles. The minimum absolute atomic E-state index is 0.0326. The Morgan fingerprint density at radius 1 is 1.25 bits per heavy atom. The number of carbonyl (C=O) groups is 1. The Morgan fingerprint density at radius 3 is 2.71 bits per heavy atom. The van der Waals surface area contributed by atoms with Gasteiger partial charge in [-0.15, -0.1) is 0 Å². The van der Waals surface area contributed by atoms with Gasteiger partial charge in [0, 0.05) is 31.9 Å². The van der Waals surface area contributed by atoms with E-state index in [0.29, 0.717) is 31.9 Å². The molecule has 0 N–H and O–H groups in total. The van der Waals surface area contributed by atoms with Crippen LogP contribution >= 0.6 is 0 Å². The first-order chi connectivity index (χ1) is 11.4. The molecule has 0 aliphatic carbocycles. The lowest BCUT2D eigenvalue weighted by molar-refractivity contribution is -0.138. The molecule has 2 aliphatic rings. The number of rotatable bonds is 3. The summed E-state index contributed by atoms with van der Waals surface area (Å²) in [5, 5.41) is 0. The summed E-state index contributed by atoms with van der Waals surface area (Å²) in [6.07, 6.45) is -1.33. The molecule has 7 heteroatoms. The van der Waals surface area contributed by atoms with E-state index in [2.05, 4.69) is 0 Å². The first kappa shape index (κ1) is 17.1. The van der Waals surface area contributed by atoms with Gasteiger partial charge in [-0.05, 0) is 43.9 Å². The van der Waals surface area contributed by atoms with Gasteiger partial charge in [-0.2, -0.15) is 13.2 Å². The molecule has 0 saturated carbocycles. The van der Waals surface area contributed by atoms with Crippen LogP contribution in [0.1, 0.15) is 30.4 Å². The summed E-state index contributed by atoms with van der Waals surface area (Å²) < 4.78 is 44.9. The second-order valence-electron chi connectivity index (χ2n) is 6.32. The second-order valence-corrected chi connectivity index (χ2v) is 6.32. The summed E-state index contributed by atoms with van der Waals surface area (Å²) in [7, 11) is 0. The Hall–Kier alpha value is -1.76. The number of nitrogens with zero attached hydrogens (tertiary/aromatic N) is 2. The van der Waals surface area contributed by atoms with Crippen LogP contribution in [-0.2, 0) is 10.9 Å². The Labute approximate surface area is 139 Å². The lowest BCUT2D eigenvalue weighted by atomic mass is 10.1. The summed E-state index contributed by atoms with van der Waals surface area (Å²) in [6, 6.07) is 3.73. The molecule has 132 valence electrons. The number of anilines is 1. The molecule has 2 saturated heterocycles. The maximum absolute atomic E-state index is 13.1. The zero-order chi connectivity index (χ0) is 17.3. The zero-order valence-corrected chi connectivity index (χ0v) is 13.6. The van der Waals surface area contributed by atoms with Crippen molar-refractivity contribution < 1.29 is 22.7 Å². The van der Waals surface area contributed by atoms with Crippen LogP contribution in [0.3, 0.4) is 0 Å². The molecule has 2 aliphatic heterocycles. The van der Waals surface area contributed by atoms with E-state index in [4.69, 9.17) is 4.74 Å². The molecule has 1 atom stereocenters. The van der Waals surface area contributed by atoms with E-state index in [0.717, 1.165) is 25.3 Å². The Morgan fingerprint density at radius 2 is 2.04 bits per heavy atom. The van der Waals surface area contributed by atoms with Crippen molar-refractivity contribution in [2.45, 2.75) is 38.5 Å². The topological polar surface area (TPSA) is 32.8 Å². The van der Waals surface area contributed by atoms with Gasteiger partial charge in [0.1, 0.15) is 0 Å². The molecule has 0 bridgehead atoms. The van der Waals surface area contributed by atoms with Crippen LogP contribution in [0.25, 0.3) is 0 Å². The molecule has 2 fully saturated rings. The van der Waals surface area contributed by atoms with Crippen LogP contribution < -0.4 is 4.90 Å². The number of ether oxygens (including phenoxy) is 1. The number of amides is 2. The predicted octanol–water partition coefficient (Wildman–Crippen LogP) is 3.82. The summed E-state index contributed by atoms with van der Waals surface area (Å²) >= 11 is 0. The number of hydrogen-bond donors (Lipinski definition) is 0. The third kappa shape index (κ3) is 3.36. The van der Waals surface area contributed by atoms with Crippen LogP contribution in [0.2, 0.25) is 0 Å². The summed E-state index contributed by atoms with van der Waals surface area (Å²) in [6.45, 7) is 3.54. The Bertz CT molecular complexity index is 612. The van der Waals surface area contributed by atoms with Gasteiger partial charge in [-0.25, -0.2) is 4.79 Å². The average molecular weight is 342 g/mol. The molecule has 1 unspecified atom stereocenters. The summed E-state index contributed by atoms with van der Waals surface area (Å²) in [4.78, 5) is 15.7. The largest absolute Gasteiger partial charge is 0.416 e. The number of carbonyl (C=O) groups excluding carboxylic acids is 1. The maximum Gasteiger partial charge on any atom is 0.416 e.